The lowest BCUT2D eigenvalue weighted by Gasteiger charge is -2.31. The van der Waals surface area contributed by atoms with Crippen molar-refractivity contribution in [3.8, 4) is 11.5 Å². The Labute approximate surface area is 203 Å². The molecule has 1 aliphatic heterocycles. The van der Waals surface area contributed by atoms with Crippen molar-refractivity contribution in [2.24, 2.45) is 0 Å². The van der Waals surface area contributed by atoms with Gasteiger partial charge in [-0.3, -0.25) is 10.00 Å². The van der Waals surface area contributed by atoms with E-state index >= 15 is 0 Å². The van der Waals surface area contributed by atoms with Gasteiger partial charge >= 0.3 is 0 Å². The molecule has 0 aliphatic carbocycles. The number of ether oxygens (including phenoxy) is 2. The summed E-state index contributed by atoms with van der Waals surface area (Å²) in [6, 6.07) is 10.6. The van der Waals surface area contributed by atoms with Crippen LogP contribution in [0.3, 0.4) is 0 Å². The third-order valence-corrected chi connectivity index (χ3v) is 6.89. The van der Waals surface area contributed by atoms with Crippen LogP contribution in [0.25, 0.3) is 0 Å². The van der Waals surface area contributed by atoms with Crippen molar-refractivity contribution in [2.75, 3.05) is 27.3 Å². The SMILES string of the molecule is COc1ccc(CCn2c(C3CCN(Cc4ccc(F)cc4Cl)CC3)n[nH]c2=S)cc1OC. The highest BCUT2D eigenvalue weighted by molar-refractivity contribution is 7.71. The van der Waals surface area contributed by atoms with Gasteiger partial charge in [0.2, 0.25) is 0 Å². The predicted octanol–water partition coefficient (Wildman–Crippen LogP) is 5.37. The maximum atomic E-state index is 13.3. The van der Waals surface area contributed by atoms with Crippen molar-refractivity contribution in [1.82, 2.24) is 19.7 Å². The summed E-state index contributed by atoms with van der Waals surface area (Å²) in [6.45, 7) is 3.31. The van der Waals surface area contributed by atoms with Gasteiger partial charge in [-0.15, -0.1) is 0 Å². The lowest BCUT2D eigenvalue weighted by atomic mass is 9.95. The van der Waals surface area contributed by atoms with E-state index in [1.807, 2.05) is 18.2 Å². The number of aromatic amines is 1. The number of rotatable bonds is 8. The van der Waals surface area contributed by atoms with Crippen LogP contribution < -0.4 is 9.47 Å². The minimum atomic E-state index is -0.307. The highest BCUT2D eigenvalue weighted by Crippen LogP contribution is 2.30. The predicted molar refractivity (Wildman–Crippen MR) is 129 cm³/mol. The fourth-order valence-corrected chi connectivity index (χ4v) is 4.83. The number of aromatic nitrogens is 3. The summed E-state index contributed by atoms with van der Waals surface area (Å²) in [4.78, 5) is 2.35. The van der Waals surface area contributed by atoms with Crippen LogP contribution in [0.5, 0.6) is 11.5 Å². The van der Waals surface area contributed by atoms with Crippen molar-refractivity contribution in [3.05, 3.63) is 69.0 Å². The smallest absolute Gasteiger partial charge is 0.195 e. The van der Waals surface area contributed by atoms with E-state index in [1.165, 1.54) is 12.1 Å². The zero-order chi connectivity index (χ0) is 23.4. The molecule has 0 saturated carbocycles. The van der Waals surface area contributed by atoms with E-state index in [-0.39, 0.29) is 5.82 Å². The number of likely N-dealkylation sites (tertiary alicyclic amines) is 1. The van der Waals surface area contributed by atoms with Gasteiger partial charge in [-0.1, -0.05) is 23.7 Å². The Morgan fingerprint density at radius 1 is 1.12 bits per heavy atom. The standard InChI is InChI=1S/C24H28ClFN4O2S/c1-31-21-6-3-16(13-22(21)32-2)7-12-30-23(27-28-24(30)33)17-8-10-29(11-9-17)15-18-4-5-19(26)14-20(18)25/h3-6,13-14,17H,7-12,15H2,1-2H3,(H,28,33). The average molecular weight is 491 g/mol. The van der Waals surface area contributed by atoms with Crippen LogP contribution in [0.15, 0.2) is 36.4 Å². The largest absolute Gasteiger partial charge is 0.493 e. The van der Waals surface area contributed by atoms with Crippen LogP contribution in [0.1, 0.15) is 35.7 Å². The summed E-state index contributed by atoms with van der Waals surface area (Å²) >= 11 is 11.7. The van der Waals surface area contributed by atoms with Gasteiger partial charge in [0.25, 0.3) is 0 Å². The summed E-state index contributed by atoms with van der Waals surface area (Å²) in [6.07, 6.45) is 2.77. The first kappa shape index (κ1) is 23.7. The fraction of sp³-hybridized carbons (Fsp3) is 0.417. The van der Waals surface area contributed by atoms with Gasteiger partial charge < -0.3 is 14.0 Å². The van der Waals surface area contributed by atoms with Gasteiger partial charge in [-0.25, -0.2) is 4.39 Å². The molecule has 0 unspecified atom stereocenters. The third-order valence-electron chi connectivity index (χ3n) is 6.22. The molecule has 1 fully saturated rings. The van der Waals surface area contributed by atoms with E-state index in [0.717, 1.165) is 73.9 Å². The lowest BCUT2D eigenvalue weighted by molar-refractivity contribution is 0.200. The molecule has 2 heterocycles. The molecule has 0 spiro atoms. The molecule has 33 heavy (non-hydrogen) atoms. The number of nitrogens with zero attached hydrogens (tertiary/aromatic N) is 3. The monoisotopic (exact) mass is 490 g/mol. The van der Waals surface area contributed by atoms with Crippen LogP contribution in [-0.4, -0.2) is 47.0 Å². The van der Waals surface area contributed by atoms with E-state index in [1.54, 1.807) is 20.3 Å². The van der Waals surface area contributed by atoms with E-state index in [4.69, 9.17) is 33.3 Å². The summed E-state index contributed by atoms with van der Waals surface area (Å²) in [5, 5.41) is 8.03. The summed E-state index contributed by atoms with van der Waals surface area (Å²) in [5.41, 5.74) is 2.10. The van der Waals surface area contributed by atoms with E-state index < -0.39 is 0 Å². The number of nitrogens with one attached hydrogen (secondary N) is 1. The van der Waals surface area contributed by atoms with Crippen molar-refractivity contribution < 1.29 is 13.9 Å². The van der Waals surface area contributed by atoms with Gasteiger partial charge in [0.05, 0.1) is 14.2 Å². The summed E-state index contributed by atoms with van der Waals surface area (Å²) in [5.74, 6) is 2.48. The first-order valence-electron chi connectivity index (χ1n) is 11.0. The Morgan fingerprint density at radius 2 is 1.88 bits per heavy atom. The van der Waals surface area contributed by atoms with Gasteiger partial charge in [0, 0.05) is 24.0 Å². The van der Waals surface area contributed by atoms with Crippen molar-refractivity contribution >= 4 is 23.8 Å². The van der Waals surface area contributed by atoms with Crippen LogP contribution in [-0.2, 0) is 19.5 Å². The quantitative estimate of drug-likeness (QED) is 0.430. The second-order valence-electron chi connectivity index (χ2n) is 8.26. The molecule has 0 amide bonds. The Morgan fingerprint density at radius 3 is 2.58 bits per heavy atom. The van der Waals surface area contributed by atoms with Gasteiger partial charge in [-0.2, -0.15) is 5.10 Å². The first-order valence-corrected chi connectivity index (χ1v) is 11.8. The topological polar surface area (TPSA) is 55.3 Å². The number of hydrogen-bond acceptors (Lipinski definition) is 5. The number of aryl methyl sites for hydroxylation is 1. The number of methoxy groups -OCH3 is 2. The molecule has 1 saturated heterocycles. The highest BCUT2D eigenvalue weighted by atomic mass is 35.5. The Balaban J connectivity index is 1.39. The molecule has 3 aromatic rings. The molecule has 4 rings (SSSR count). The first-order chi connectivity index (χ1) is 16.0. The Kier molecular flexibility index (Phi) is 7.67. The number of H-pyrrole nitrogens is 1. The minimum absolute atomic E-state index is 0.307. The molecule has 0 bridgehead atoms. The van der Waals surface area contributed by atoms with Crippen molar-refractivity contribution in [2.45, 2.75) is 38.3 Å². The van der Waals surface area contributed by atoms with E-state index in [2.05, 4.69) is 19.7 Å². The Bertz CT molecular complexity index is 1160. The molecular weight excluding hydrogens is 463 g/mol. The van der Waals surface area contributed by atoms with Gasteiger partial charge in [-0.05, 0) is 80.0 Å². The maximum absolute atomic E-state index is 13.3. The molecule has 176 valence electrons. The van der Waals surface area contributed by atoms with Crippen LogP contribution in [0.4, 0.5) is 4.39 Å². The molecule has 0 atom stereocenters. The Hall–Kier alpha value is -2.42. The number of hydrogen-bond donors (Lipinski definition) is 1. The van der Waals surface area contributed by atoms with Crippen LogP contribution in [0.2, 0.25) is 5.02 Å². The minimum Gasteiger partial charge on any atom is -0.493 e. The van der Waals surface area contributed by atoms with Crippen LogP contribution >= 0.6 is 23.8 Å². The molecule has 6 nitrogen and oxygen atoms in total. The second-order valence-corrected chi connectivity index (χ2v) is 9.06. The maximum Gasteiger partial charge on any atom is 0.195 e. The number of benzene rings is 2. The lowest BCUT2D eigenvalue weighted by Crippen LogP contribution is -2.33. The molecule has 1 N–H and O–H groups in total. The number of halogens is 2. The second kappa shape index (κ2) is 10.7. The highest BCUT2D eigenvalue weighted by Gasteiger charge is 2.25. The molecule has 0 radical (unpaired) electrons. The van der Waals surface area contributed by atoms with Gasteiger partial charge in [0.1, 0.15) is 11.6 Å². The van der Waals surface area contributed by atoms with Crippen molar-refractivity contribution in [3.63, 3.8) is 0 Å². The summed E-state index contributed by atoms with van der Waals surface area (Å²) in [7, 11) is 3.27. The summed E-state index contributed by atoms with van der Waals surface area (Å²) < 4.78 is 26.8. The van der Waals surface area contributed by atoms with Gasteiger partial charge in [0.15, 0.2) is 16.3 Å². The zero-order valence-corrected chi connectivity index (χ0v) is 20.4. The molecule has 1 aromatic heterocycles. The molecule has 2 aromatic carbocycles. The third kappa shape index (κ3) is 5.57. The molecule has 1 aliphatic rings. The number of piperidine rings is 1. The molecular formula is C24H28ClFN4O2S. The van der Waals surface area contributed by atoms with Crippen molar-refractivity contribution in [1.29, 1.82) is 0 Å². The van der Waals surface area contributed by atoms with E-state index in [9.17, 15) is 4.39 Å². The fourth-order valence-electron chi connectivity index (χ4n) is 4.37. The normalized spacial score (nSPS) is 15.0. The average Bonchev–Trinajstić information content (AvgIpc) is 3.20. The zero-order valence-electron chi connectivity index (χ0n) is 18.8. The van der Waals surface area contributed by atoms with E-state index in [0.29, 0.717) is 15.7 Å². The molecule has 9 heteroatoms. The van der Waals surface area contributed by atoms with Crippen LogP contribution in [0, 0.1) is 10.6 Å².